The fourth-order valence-electron chi connectivity index (χ4n) is 1.06. The zero-order valence-corrected chi connectivity index (χ0v) is 10.1. The molecule has 16 heavy (non-hydrogen) atoms. The average Bonchev–Trinajstić information content (AvgIpc) is 2.62. The van der Waals surface area contributed by atoms with Crippen LogP contribution in [0.15, 0.2) is 0 Å². The summed E-state index contributed by atoms with van der Waals surface area (Å²) in [7, 11) is 0. The summed E-state index contributed by atoms with van der Waals surface area (Å²) < 4.78 is 39.8. The second-order valence-corrected chi connectivity index (χ2v) is 4.43. The lowest BCUT2D eigenvalue weighted by atomic mass is 10.2. The largest absolute Gasteiger partial charge is 0.452 e. The van der Waals surface area contributed by atoms with Crippen LogP contribution in [0.25, 0.3) is 0 Å². The molecule has 1 aromatic heterocycles. The maximum Gasteiger partial charge on any atom is 0.452 e. The molecule has 8 heteroatoms. The lowest BCUT2D eigenvalue weighted by Crippen LogP contribution is -2.15. The molecule has 0 aliphatic carbocycles. The molecular formula is C8H11ClF3N3S. The zero-order valence-electron chi connectivity index (χ0n) is 8.51. The Morgan fingerprint density at radius 3 is 2.69 bits per heavy atom. The van der Waals surface area contributed by atoms with Gasteiger partial charge in [0.15, 0.2) is 0 Å². The van der Waals surface area contributed by atoms with Crippen molar-refractivity contribution in [1.82, 2.24) is 9.36 Å². The number of nitrogens with zero attached hydrogens (tertiary/aromatic N) is 2. The van der Waals surface area contributed by atoms with E-state index in [1.54, 1.807) is 0 Å². The first-order chi connectivity index (χ1) is 7.43. The van der Waals surface area contributed by atoms with Crippen molar-refractivity contribution in [1.29, 1.82) is 0 Å². The average molecular weight is 274 g/mol. The topological polar surface area (TPSA) is 37.8 Å². The highest BCUT2D eigenvalue weighted by molar-refractivity contribution is 7.09. The number of nitrogens with one attached hydrogen (secondary N) is 1. The Morgan fingerprint density at radius 1 is 1.50 bits per heavy atom. The van der Waals surface area contributed by atoms with E-state index in [2.05, 4.69) is 14.7 Å². The van der Waals surface area contributed by atoms with Crippen LogP contribution in [0, 0.1) is 0 Å². The molecule has 0 aliphatic heterocycles. The van der Waals surface area contributed by atoms with Gasteiger partial charge in [0.1, 0.15) is 0 Å². The summed E-state index contributed by atoms with van der Waals surface area (Å²) in [6.45, 7) is 1.86. The van der Waals surface area contributed by atoms with Gasteiger partial charge < -0.3 is 5.32 Å². The number of alkyl halides is 4. The second-order valence-electron chi connectivity index (χ2n) is 3.30. The van der Waals surface area contributed by atoms with Crippen molar-refractivity contribution < 1.29 is 13.2 Å². The molecule has 0 spiro atoms. The minimum absolute atomic E-state index is 0.0350. The molecule has 0 bridgehead atoms. The highest BCUT2D eigenvalue weighted by Crippen LogP contribution is 2.29. The molecule has 1 aromatic rings. The molecule has 0 saturated carbocycles. The van der Waals surface area contributed by atoms with Crippen molar-refractivity contribution in [2.75, 3.05) is 11.2 Å². The van der Waals surface area contributed by atoms with Gasteiger partial charge in [0.25, 0.3) is 0 Å². The standard InChI is InChI=1S/C8H11ClF3N3S/c1-5(3-2-4-9)13-7-14-6(15-16-7)8(10,11)12/h5H,2-4H2,1H3,(H,13,14,15). The Labute approximate surface area is 100 Å². The quantitative estimate of drug-likeness (QED) is 0.836. The van der Waals surface area contributed by atoms with E-state index >= 15 is 0 Å². The third-order valence-electron chi connectivity index (χ3n) is 1.82. The van der Waals surface area contributed by atoms with Crippen LogP contribution in [0.1, 0.15) is 25.6 Å². The van der Waals surface area contributed by atoms with Gasteiger partial charge in [-0.05, 0) is 19.8 Å². The summed E-state index contributed by atoms with van der Waals surface area (Å²) in [4.78, 5) is 3.37. The molecule has 1 atom stereocenters. The van der Waals surface area contributed by atoms with Crippen LogP contribution < -0.4 is 5.32 Å². The lowest BCUT2D eigenvalue weighted by molar-refractivity contribution is -0.144. The SMILES string of the molecule is CC(CCCCl)Nc1nc(C(F)(F)F)ns1. The summed E-state index contributed by atoms with van der Waals surface area (Å²) in [5.74, 6) is -0.555. The lowest BCUT2D eigenvalue weighted by Gasteiger charge is -2.10. The van der Waals surface area contributed by atoms with Gasteiger partial charge in [-0.25, -0.2) is 0 Å². The van der Waals surface area contributed by atoms with E-state index in [-0.39, 0.29) is 11.2 Å². The number of hydrogen-bond acceptors (Lipinski definition) is 4. The third kappa shape index (κ3) is 4.13. The summed E-state index contributed by atoms with van der Waals surface area (Å²) in [5, 5.41) is 3.04. The maximum absolute atomic E-state index is 12.2. The Morgan fingerprint density at radius 2 is 2.19 bits per heavy atom. The van der Waals surface area contributed by atoms with Gasteiger partial charge in [-0.3, -0.25) is 0 Å². The van der Waals surface area contributed by atoms with Crippen LogP contribution in [0.5, 0.6) is 0 Å². The summed E-state index contributed by atoms with van der Waals surface area (Å²) in [6, 6.07) is 0.0350. The first-order valence-electron chi connectivity index (χ1n) is 4.67. The highest BCUT2D eigenvalue weighted by Gasteiger charge is 2.36. The van der Waals surface area contributed by atoms with Gasteiger partial charge in [-0.2, -0.15) is 22.5 Å². The molecule has 0 radical (unpaired) electrons. The fourth-order valence-corrected chi connectivity index (χ4v) is 1.92. The van der Waals surface area contributed by atoms with E-state index in [9.17, 15) is 13.2 Å². The predicted molar refractivity (Wildman–Crippen MR) is 57.9 cm³/mol. The normalized spacial score (nSPS) is 13.8. The van der Waals surface area contributed by atoms with Crippen LogP contribution in [-0.2, 0) is 6.18 Å². The van der Waals surface area contributed by atoms with Crippen LogP contribution in [0.3, 0.4) is 0 Å². The Balaban J connectivity index is 2.52. The predicted octanol–water partition coefficient (Wildman–Crippen LogP) is 3.38. The third-order valence-corrected chi connectivity index (χ3v) is 2.73. The second kappa shape index (κ2) is 5.67. The van der Waals surface area contributed by atoms with Crippen LogP contribution >= 0.6 is 23.1 Å². The molecule has 0 fully saturated rings. The zero-order chi connectivity index (χ0) is 12.2. The van der Waals surface area contributed by atoms with Crippen LogP contribution in [0.2, 0.25) is 0 Å². The molecule has 0 aliphatic rings. The van der Waals surface area contributed by atoms with E-state index in [0.29, 0.717) is 17.4 Å². The number of halogens is 4. The highest BCUT2D eigenvalue weighted by atomic mass is 35.5. The molecule has 1 N–H and O–H groups in total. The number of aromatic nitrogens is 2. The van der Waals surface area contributed by atoms with Gasteiger partial charge in [0.2, 0.25) is 11.0 Å². The maximum atomic E-state index is 12.2. The van der Waals surface area contributed by atoms with Crippen LogP contribution in [-0.4, -0.2) is 21.3 Å². The fraction of sp³-hybridized carbons (Fsp3) is 0.750. The van der Waals surface area contributed by atoms with Crippen molar-refractivity contribution in [3.63, 3.8) is 0 Å². The van der Waals surface area contributed by atoms with Gasteiger partial charge in [-0.1, -0.05) is 0 Å². The molecule has 3 nitrogen and oxygen atoms in total. The monoisotopic (exact) mass is 273 g/mol. The van der Waals surface area contributed by atoms with Crippen molar-refractivity contribution >= 4 is 28.3 Å². The van der Waals surface area contributed by atoms with Crippen molar-refractivity contribution in [2.24, 2.45) is 0 Å². The van der Waals surface area contributed by atoms with E-state index < -0.39 is 12.0 Å². The van der Waals surface area contributed by atoms with Crippen LogP contribution in [0.4, 0.5) is 18.3 Å². The molecule has 0 aromatic carbocycles. The summed E-state index contributed by atoms with van der Waals surface area (Å²) in [6.07, 6.45) is -2.89. The van der Waals surface area contributed by atoms with Crippen molar-refractivity contribution in [2.45, 2.75) is 32.0 Å². The minimum Gasteiger partial charge on any atom is -0.358 e. The van der Waals surface area contributed by atoms with E-state index in [1.807, 2.05) is 6.92 Å². The first kappa shape index (κ1) is 13.5. The smallest absolute Gasteiger partial charge is 0.358 e. The summed E-state index contributed by atoms with van der Waals surface area (Å²) >= 11 is 6.22. The number of rotatable bonds is 5. The number of hydrogen-bond donors (Lipinski definition) is 1. The van der Waals surface area contributed by atoms with Crippen molar-refractivity contribution in [3.05, 3.63) is 5.82 Å². The van der Waals surface area contributed by atoms with Gasteiger partial charge in [0, 0.05) is 23.5 Å². The Hall–Kier alpha value is -0.560. The molecule has 0 amide bonds. The molecule has 1 heterocycles. The summed E-state index contributed by atoms with van der Waals surface area (Å²) in [5.41, 5.74) is 0. The minimum atomic E-state index is -4.48. The Kier molecular flexibility index (Phi) is 4.79. The molecule has 1 rings (SSSR count). The first-order valence-corrected chi connectivity index (χ1v) is 5.97. The van der Waals surface area contributed by atoms with Gasteiger partial charge in [-0.15, -0.1) is 11.6 Å². The molecule has 0 saturated heterocycles. The van der Waals surface area contributed by atoms with E-state index in [0.717, 1.165) is 12.8 Å². The van der Waals surface area contributed by atoms with Gasteiger partial charge in [0.05, 0.1) is 0 Å². The molecule has 92 valence electrons. The Bertz CT molecular complexity index is 329. The number of anilines is 1. The molecular weight excluding hydrogens is 263 g/mol. The van der Waals surface area contributed by atoms with Crippen molar-refractivity contribution in [3.8, 4) is 0 Å². The van der Waals surface area contributed by atoms with Gasteiger partial charge >= 0.3 is 6.18 Å². The van der Waals surface area contributed by atoms with E-state index in [1.165, 1.54) is 0 Å². The molecule has 1 unspecified atom stereocenters. The van der Waals surface area contributed by atoms with E-state index in [4.69, 9.17) is 11.6 Å².